The molecule has 1 aliphatic carbocycles. The summed E-state index contributed by atoms with van der Waals surface area (Å²) in [6.07, 6.45) is 6.89. The molecular weight excluding hydrogens is 356 g/mol. The molecule has 3 N–H and O–H groups in total. The van der Waals surface area contributed by atoms with Crippen LogP contribution in [0.3, 0.4) is 0 Å². The van der Waals surface area contributed by atoms with Gasteiger partial charge in [-0.1, -0.05) is 25.7 Å². The van der Waals surface area contributed by atoms with E-state index < -0.39 is 18.2 Å². The van der Waals surface area contributed by atoms with Gasteiger partial charge in [-0.2, -0.15) is 8.78 Å². The first-order valence-corrected chi connectivity index (χ1v) is 9.07. The fourth-order valence-electron chi connectivity index (χ4n) is 3.42. The van der Waals surface area contributed by atoms with E-state index in [2.05, 4.69) is 20.4 Å². The van der Waals surface area contributed by atoms with Crippen molar-refractivity contribution in [1.29, 1.82) is 0 Å². The first-order chi connectivity index (χ1) is 13.0. The smallest absolute Gasteiger partial charge is 0.387 e. The molecule has 2 aromatic rings. The normalized spacial score (nSPS) is 16.7. The molecular formula is C19H23F2N3O3. The van der Waals surface area contributed by atoms with Crippen LogP contribution in [0.2, 0.25) is 0 Å². The summed E-state index contributed by atoms with van der Waals surface area (Å²) in [6.45, 7) is -2.79. The average Bonchev–Trinajstić information content (AvgIpc) is 2.87. The van der Waals surface area contributed by atoms with E-state index in [9.17, 15) is 18.7 Å². The van der Waals surface area contributed by atoms with E-state index in [1.165, 1.54) is 18.3 Å². The van der Waals surface area contributed by atoms with Crippen molar-refractivity contribution in [1.82, 2.24) is 10.3 Å². The van der Waals surface area contributed by atoms with Crippen molar-refractivity contribution in [3.8, 4) is 5.75 Å². The molecule has 1 aromatic carbocycles. The summed E-state index contributed by atoms with van der Waals surface area (Å²) in [7, 11) is 0. The Hall–Kier alpha value is -2.48. The van der Waals surface area contributed by atoms with Gasteiger partial charge in [0, 0.05) is 18.1 Å². The molecule has 0 bridgehead atoms. The molecule has 0 saturated heterocycles. The minimum absolute atomic E-state index is 0.0562. The van der Waals surface area contributed by atoms with E-state index in [-0.39, 0.29) is 17.8 Å². The van der Waals surface area contributed by atoms with Gasteiger partial charge in [-0.3, -0.25) is 4.98 Å². The van der Waals surface area contributed by atoms with Crippen LogP contribution >= 0.6 is 0 Å². The van der Waals surface area contributed by atoms with Crippen molar-refractivity contribution in [2.45, 2.75) is 50.7 Å². The van der Waals surface area contributed by atoms with Crippen molar-refractivity contribution < 1.29 is 23.4 Å². The van der Waals surface area contributed by atoms with Crippen molar-refractivity contribution in [3.63, 3.8) is 0 Å². The number of urea groups is 1. The topological polar surface area (TPSA) is 83.5 Å². The van der Waals surface area contributed by atoms with Gasteiger partial charge in [0.1, 0.15) is 5.52 Å². The minimum Gasteiger partial charge on any atom is -0.432 e. The molecule has 0 unspecified atom stereocenters. The SMILES string of the molecule is O=C(NCC1(O)CCCCCC1)Nc1ccc(OC(F)F)c2ncccc12. The second-order valence-corrected chi connectivity index (χ2v) is 6.84. The van der Waals surface area contributed by atoms with E-state index in [4.69, 9.17) is 0 Å². The number of hydrogen-bond acceptors (Lipinski definition) is 4. The maximum atomic E-state index is 12.5. The predicted molar refractivity (Wildman–Crippen MR) is 98.0 cm³/mol. The summed E-state index contributed by atoms with van der Waals surface area (Å²) in [5.41, 5.74) is -0.227. The number of carbonyl (C=O) groups is 1. The van der Waals surface area contributed by atoms with Gasteiger partial charge in [0.2, 0.25) is 0 Å². The molecule has 27 heavy (non-hydrogen) atoms. The van der Waals surface area contributed by atoms with E-state index in [0.717, 1.165) is 25.7 Å². The molecule has 0 atom stereocenters. The summed E-state index contributed by atoms with van der Waals surface area (Å²) < 4.78 is 29.6. The van der Waals surface area contributed by atoms with Gasteiger partial charge in [0.05, 0.1) is 11.3 Å². The largest absolute Gasteiger partial charge is 0.432 e. The van der Waals surface area contributed by atoms with Gasteiger partial charge in [-0.15, -0.1) is 0 Å². The van der Waals surface area contributed by atoms with E-state index >= 15 is 0 Å². The highest BCUT2D eigenvalue weighted by atomic mass is 19.3. The molecule has 3 rings (SSSR count). The monoisotopic (exact) mass is 379 g/mol. The Labute approximate surface area is 155 Å². The van der Waals surface area contributed by atoms with Gasteiger partial charge in [0.25, 0.3) is 0 Å². The lowest BCUT2D eigenvalue weighted by atomic mass is 9.95. The number of halogens is 2. The van der Waals surface area contributed by atoms with Gasteiger partial charge >= 0.3 is 12.6 Å². The zero-order chi connectivity index (χ0) is 19.3. The number of carbonyl (C=O) groups excluding carboxylic acids is 1. The molecule has 1 saturated carbocycles. The van der Waals surface area contributed by atoms with Crippen LogP contribution in [0, 0.1) is 0 Å². The number of pyridine rings is 1. The lowest BCUT2D eigenvalue weighted by Crippen LogP contribution is -2.44. The zero-order valence-electron chi connectivity index (χ0n) is 14.9. The zero-order valence-corrected chi connectivity index (χ0v) is 14.9. The molecule has 2 amide bonds. The first kappa shape index (κ1) is 19.3. The van der Waals surface area contributed by atoms with Crippen molar-refractivity contribution in [2.24, 2.45) is 0 Å². The molecule has 0 aliphatic heterocycles. The second kappa shape index (κ2) is 8.47. The van der Waals surface area contributed by atoms with Gasteiger partial charge in [0.15, 0.2) is 5.75 Å². The minimum atomic E-state index is -2.96. The molecule has 146 valence electrons. The van der Waals surface area contributed by atoms with E-state index in [1.54, 1.807) is 12.1 Å². The number of aliphatic hydroxyl groups is 1. The summed E-state index contributed by atoms with van der Waals surface area (Å²) >= 11 is 0. The number of anilines is 1. The number of benzene rings is 1. The maximum absolute atomic E-state index is 12.5. The third kappa shape index (κ3) is 5.03. The van der Waals surface area contributed by atoms with Crippen LogP contribution < -0.4 is 15.4 Å². The fourth-order valence-corrected chi connectivity index (χ4v) is 3.42. The highest BCUT2D eigenvalue weighted by Crippen LogP contribution is 2.31. The molecule has 1 fully saturated rings. The number of nitrogens with one attached hydrogen (secondary N) is 2. The molecule has 0 radical (unpaired) electrons. The molecule has 1 aromatic heterocycles. The third-order valence-corrected chi connectivity index (χ3v) is 4.81. The Balaban J connectivity index is 1.70. The van der Waals surface area contributed by atoms with Gasteiger partial charge in [-0.25, -0.2) is 4.79 Å². The maximum Gasteiger partial charge on any atom is 0.387 e. The average molecular weight is 379 g/mol. The lowest BCUT2D eigenvalue weighted by molar-refractivity contribution is -0.0489. The highest BCUT2D eigenvalue weighted by Gasteiger charge is 2.28. The standard InChI is InChI=1S/C19H23F2N3O3/c20-17(21)27-15-8-7-14(13-6-5-11-22-16(13)15)24-18(25)23-12-19(26)9-3-1-2-4-10-19/h5-8,11,17,26H,1-4,9-10,12H2,(H2,23,24,25). The van der Waals surface area contributed by atoms with Crippen LogP contribution in [0.15, 0.2) is 30.5 Å². The quantitative estimate of drug-likeness (QED) is 0.685. The molecule has 6 nitrogen and oxygen atoms in total. The number of fused-ring (bicyclic) bond motifs is 1. The summed E-state index contributed by atoms with van der Waals surface area (Å²) in [4.78, 5) is 16.4. The van der Waals surface area contributed by atoms with Crippen LogP contribution in [-0.2, 0) is 0 Å². The number of aromatic nitrogens is 1. The first-order valence-electron chi connectivity index (χ1n) is 9.07. The Morgan fingerprint density at radius 2 is 1.96 bits per heavy atom. The summed E-state index contributed by atoms with van der Waals surface area (Å²) in [5.74, 6) is -0.0562. The third-order valence-electron chi connectivity index (χ3n) is 4.81. The molecule has 0 spiro atoms. The Bertz CT molecular complexity index is 793. The molecule has 1 heterocycles. The number of ether oxygens (including phenoxy) is 1. The number of rotatable bonds is 5. The Kier molecular flexibility index (Phi) is 6.05. The van der Waals surface area contributed by atoms with Gasteiger partial charge < -0.3 is 20.5 Å². The van der Waals surface area contributed by atoms with Crippen molar-refractivity contribution >= 4 is 22.6 Å². The van der Waals surface area contributed by atoms with Crippen molar-refractivity contribution in [3.05, 3.63) is 30.5 Å². The van der Waals surface area contributed by atoms with E-state index in [1.807, 2.05) is 0 Å². The Morgan fingerprint density at radius 3 is 2.67 bits per heavy atom. The van der Waals surface area contributed by atoms with Crippen LogP contribution in [0.4, 0.5) is 19.3 Å². The Morgan fingerprint density at radius 1 is 1.22 bits per heavy atom. The number of nitrogens with zero attached hydrogens (tertiary/aromatic N) is 1. The number of hydrogen-bond donors (Lipinski definition) is 3. The second-order valence-electron chi connectivity index (χ2n) is 6.84. The summed E-state index contributed by atoms with van der Waals surface area (Å²) in [6, 6.07) is 5.67. The van der Waals surface area contributed by atoms with Crippen LogP contribution in [0.5, 0.6) is 5.75 Å². The van der Waals surface area contributed by atoms with Crippen LogP contribution in [0.1, 0.15) is 38.5 Å². The number of amides is 2. The van der Waals surface area contributed by atoms with E-state index in [0.29, 0.717) is 23.9 Å². The predicted octanol–water partition coefficient (Wildman–Crippen LogP) is 4.04. The van der Waals surface area contributed by atoms with Crippen LogP contribution in [-0.4, -0.2) is 34.9 Å². The fraction of sp³-hybridized carbons (Fsp3) is 0.474. The molecule has 1 aliphatic rings. The molecule has 8 heteroatoms. The number of alkyl halides is 2. The highest BCUT2D eigenvalue weighted by molar-refractivity contribution is 6.02. The van der Waals surface area contributed by atoms with Gasteiger partial charge in [-0.05, 0) is 37.1 Å². The van der Waals surface area contributed by atoms with Crippen LogP contribution in [0.25, 0.3) is 10.9 Å². The lowest BCUT2D eigenvalue weighted by Gasteiger charge is -2.26. The van der Waals surface area contributed by atoms with Crippen molar-refractivity contribution in [2.75, 3.05) is 11.9 Å². The summed E-state index contributed by atoms with van der Waals surface area (Å²) in [5, 5.41) is 16.5.